The Kier molecular flexibility index (Phi) is 6.17. The van der Waals surface area contributed by atoms with Crippen LogP contribution in [0.2, 0.25) is 10.0 Å². The number of fused-ring (bicyclic) bond motifs is 1. The third-order valence-electron chi connectivity index (χ3n) is 5.60. The van der Waals surface area contributed by atoms with E-state index in [1.54, 1.807) is 0 Å². The molecule has 0 atom stereocenters. The summed E-state index contributed by atoms with van der Waals surface area (Å²) in [4.78, 5) is 7.21. The molecule has 0 bridgehead atoms. The van der Waals surface area contributed by atoms with E-state index >= 15 is 0 Å². The highest BCUT2D eigenvalue weighted by Gasteiger charge is 2.25. The molecule has 1 fully saturated rings. The summed E-state index contributed by atoms with van der Waals surface area (Å²) in [6.45, 7) is 3.17. The summed E-state index contributed by atoms with van der Waals surface area (Å²) in [6.07, 6.45) is 0. The molecule has 1 saturated heterocycles. The maximum absolute atomic E-state index is 6.41. The quantitative estimate of drug-likeness (QED) is 0.332. The van der Waals surface area contributed by atoms with Crippen LogP contribution in [0.15, 0.2) is 72.8 Å². The van der Waals surface area contributed by atoms with E-state index in [9.17, 15) is 0 Å². The van der Waals surface area contributed by atoms with Crippen molar-refractivity contribution in [2.75, 3.05) is 31.2 Å². The Hall–Kier alpha value is -2.79. The van der Waals surface area contributed by atoms with Crippen molar-refractivity contribution in [2.45, 2.75) is 6.61 Å². The van der Waals surface area contributed by atoms with Crippen LogP contribution in [0.1, 0.15) is 5.56 Å². The summed E-state index contributed by atoms with van der Waals surface area (Å²) < 4.78 is 12.0. The average molecular weight is 465 g/mol. The van der Waals surface area contributed by atoms with Gasteiger partial charge >= 0.3 is 0 Å². The normalized spacial score (nSPS) is 14.0. The van der Waals surface area contributed by atoms with Crippen molar-refractivity contribution in [2.24, 2.45) is 0 Å². The molecule has 4 aromatic rings. The van der Waals surface area contributed by atoms with E-state index in [0.717, 1.165) is 46.4 Å². The first-order chi connectivity index (χ1) is 15.7. The molecule has 0 saturated carbocycles. The Labute approximate surface area is 197 Å². The topological polar surface area (TPSA) is 34.6 Å². The lowest BCUT2D eigenvalue weighted by Crippen LogP contribution is -2.37. The van der Waals surface area contributed by atoms with Gasteiger partial charge in [-0.25, -0.2) is 4.98 Å². The van der Waals surface area contributed by atoms with E-state index in [1.807, 2.05) is 60.7 Å². The molecule has 0 N–H and O–H groups in total. The fraction of sp³-hybridized carbons (Fsp3) is 0.192. The SMILES string of the molecule is Clc1ccc2nc(OCc3ccccc3Cl)c(N3CCOCC3)c(-c3ccccc3)c2c1. The van der Waals surface area contributed by atoms with Gasteiger partial charge in [0.15, 0.2) is 0 Å². The zero-order chi connectivity index (χ0) is 21.9. The largest absolute Gasteiger partial charge is 0.471 e. The molecule has 1 aromatic heterocycles. The van der Waals surface area contributed by atoms with Gasteiger partial charge in [0.25, 0.3) is 0 Å². The molecule has 0 amide bonds. The van der Waals surface area contributed by atoms with E-state index in [0.29, 0.717) is 35.7 Å². The smallest absolute Gasteiger partial charge is 0.239 e. The number of hydrogen-bond donors (Lipinski definition) is 0. The number of hydrogen-bond acceptors (Lipinski definition) is 4. The molecule has 1 aliphatic rings. The highest BCUT2D eigenvalue weighted by molar-refractivity contribution is 6.31. The van der Waals surface area contributed by atoms with Crippen LogP contribution in [0.3, 0.4) is 0 Å². The van der Waals surface area contributed by atoms with Crippen LogP contribution in [-0.2, 0) is 11.3 Å². The van der Waals surface area contributed by atoms with Crippen molar-refractivity contribution in [3.05, 3.63) is 88.4 Å². The van der Waals surface area contributed by atoms with Crippen LogP contribution in [0.25, 0.3) is 22.0 Å². The summed E-state index contributed by atoms with van der Waals surface area (Å²) in [5.74, 6) is 0.584. The highest BCUT2D eigenvalue weighted by atomic mass is 35.5. The number of anilines is 1. The highest BCUT2D eigenvalue weighted by Crippen LogP contribution is 2.43. The van der Waals surface area contributed by atoms with Crippen molar-refractivity contribution >= 4 is 39.8 Å². The molecule has 162 valence electrons. The summed E-state index contributed by atoms with van der Waals surface area (Å²) in [5, 5.41) is 2.35. The van der Waals surface area contributed by atoms with Crippen molar-refractivity contribution in [3.8, 4) is 17.0 Å². The van der Waals surface area contributed by atoms with Crippen LogP contribution in [0.5, 0.6) is 5.88 Å². The number of ether oxygens (including phenoxy) is 2. The lowest BCUT2D eigenvalue weighted by atomic mass is 9.98. The van der Waals surface area contributed by atoms with Gasteiger partial charge in [0.05, 0.1) is 18.7 Å². The van der Waals surface area contributed by atoms with E-state index < -0.39 is 0 Å². The number of pyridine rings is 1. The van der Waals surface area contributed by atoms with E-state index in [1.165, 1.54) is 0 Å². The molecule has 5 rings (SSSR count). The fourth-order valence-corrected chi connectivity index (χ4v) is 4.40. The number of morpholine rings is 1. The molecule has 0 radical (unpaired) electrons. The zero-order valence-corrected chi connectivity index (χ0v) is 18.9. The first kappa shape index (κ1) is 21.1. The van der Waals surface area contributed by atoms with Crippen LogP contribution >= 0.6 is 23.2 Å². The molecule has 6 heteroatoms. The number of nitrogens with zero attached hydrogens (tertiary/aromatic N) is 2. The second kappa shape index (κ2) is 9.37. The number of rotatable bonds is 5. The third kappa shape index (κ3) is 4.26. The molecule has 0 unspecified atom stereocenters. The Balaban J connectivity index is 1.71. The summed E-state index contributed by atoms with van der Waals surface area (Å²) >= 11 is 12.8. The van der Waals surface area contributed by atoms with Gasteiger partial charge in [-0.05, 0) is 29.8 Å². The Morgan fingerprint density at radius 3 is 2.44 bits per heavy atom. The van der Waals surface area contributed by atoms with E-state index in [-0.39, 0.29) is 0 Å². The molecular formula is C26H22Cl2N2O2. The summed E-state index contributed by atoms with van der Waals surface area (Å²) in [6, 6.07) is 23.8. The van der Waals surface area contributed by atoms with Crippen LogP contribution in [0.4, 0.5) is 5.69 Å². The summed E-state index contributed by atoms with van der Waals surface area (Å²) in [7, 11) is 0. The van der Waals surface area contributed by atoms with Crippen LogP contribution < -0.4 is 9.64 Å². The third-order valence-corrected chi connectivity index (χ3v) is 6.21. The van der Waals surface area contributed by atoms with Crippen molar-refractivity contribution in [1.29, 1.82) is 0 Å². The number of benzene rings is 3. The minimum atomic E-state index is 0.331. The lowest BCUT2D eigenvalue weighted by Gasteiger charge is -2.32. The fourth-order valence-electron chi connectivity index (χ4n) is 4.04. The molecule has 2 heterocycles. The van der Waals surface area contributed by atoms with Gasteiger partial charge in [0, 0.05) is 39.6 Å². The first-order valence-corrected chi connectivity index (χ1v) is 11.3. The minimum absolute atomic E-state index is 0.331. The standard InChI is InChI=1S/C26H22Cl2N2O2/c27-20-10-11-23-21(16-20)24(18-6-2-1-3-7-18)25(30-12-14-31-15-13-30)26(29-23)32-17-19-8-4-5-9-22(19)28/h1-11,16H,12-15,17H2. The lowest BCUT2D eigenvalue weighted by molar-refractivity contribution is 0.122. The maximum Gasteiger partial charge on any atom is 0.239 e. The molecule has 0 spiro atoms. The Morgan fingerprint density at radius 1 is 0.906 bits per heavy atom. The number of halogens is 2. The van der Waals surface area contributed by atoms with Gasteiger partial charge < -0.3 is 14.4 Å². The Morgan fingerprint density at radius 2 is 1.66 bits per heavy atom. The monoisotopic (exact) mass is 464 g/mol. The second-order valence-electron chi connectivity index (χ2n) is 7.65. The predicted molar refractivity (Wildman–Crippen MR) is 131 cm³/mol. The van der Waals surface area contributed by atoms with Gasteiger partial charge in [0.1, 0.15) is 12.3 Å². The van der Waals surface area contributed by atoms with Crippen molar-refractivity contribution < 1.29 is 9.47 Å². The van der Waals surface area contributed by atoms with Gasteiger partial charge in [-0.15, -0.1) is 0 Å². The second-order valence-corrected chi connectivity index (χ2v) is 8.49. The Bertz CT molecular complexity index is 1240. The first-order valence-electron chi connectivity index (χ1n) is 10.6. The zero-order valence-electron chi connectivity index (χ0n) is 17.4. The molecule has 0 aliphatic carbocycles. The van der Waals surface area contributed by atoms with E-state index in [2.05, 4.69) is 17.0 Å². The molecule has 32 heavy (non-hydrogen) atoms. The maximum atomic E-state index is 6.41. The van der Waals surface area contributed by atoms with E-state index in [4.69, 9.17) is 37.7 Å². The molecule has 3 aromatic carbocycles. The molecule has 4 nitrogen and oxygen atoms in total. The van der Waals surface area contributed by atoms with Crippen molar-refractivity contribution in [3.63, 3.8) is 0 Å². The molecule has 1 aliphatic heterocycles. The summed E-state index contributed by atoms with van der Waals surface area (Å²) in [5.41, 5.74) is 4.86. The minimum Gasteiger partial charge on any atom is -0.471 e. The van der Waals surface area contributed by atoms with Crippen LogP contribution in [-0.4, -0.2) is 31.3 Å². The van der Waals surface area contributed by atoms with Gasteiger partial charge in [-0.2, -0.15) is 0 Å². The van der Waals surface area contributed by atoms with Gasteiger partial charge in [-0.1, -0.05) is 71.7 Å². The van der Waals surface area contributed by atoms with Crippen LogP contribution in [0, 0.1) is 0 Å². The van der Waals surface area contributed by atoms with Gasteiger partial charge in [-0.3, -0.25) is 0 Å². The van der Waals surface area contributed by atoms with Crippen molar-refractivity contribution in [1.82, 2.24) is 4.98 Å². The molecular weight excluding hydrogens is 443 g/mol. The number of aromatic nitrogens is 1. The van der Waals surface area contributed by atoms with Gasteiger partial charge in [0.2, 0.25) is 5.88 Å². The average Bonchev–Trinajstić information content (AvgIpc) is 2.84. The predicted octanol–water partition coefficient (Wildman–Crippen LogP) is 6.62.